The molecule has 10 heteroatoms. The van der Waals surface area contributed by atoms with E-state index in [2.05, 4.69) is 20.8 Å². The predicted molar refractivity (Wildman–Crippen MR) is 104 cm³/mol. The van der Waals surface area contributed by atoms with Gasteiger partial charge in [0, 0.05) is 0 Å². The number of furan rings is 1. The molecule has 0 radical (unpaired) electrons. The lowest BCUT2D eigenvalue weighted by Crippen LogP contribution is -2.25. The summed E-state index contributed by atoms with van der Waals surface area (Å²) in [5.41, 5.74) is 0.346. The molecule has 2 N–H and O–H groups in total. The molecule has 0 saturated heterocycles. The van der Waals surface area contributed by atoms with Gasteiger partial charge in [-0.25, -0.2) is 8.78 Å². The van der Waals surface area contributed by atoms with Crippen molar-refractivity contribution < 1.29 is 27.3 Å². The molecule has 4 rings (SSSR count). The second kappa shape index (κ2) is 8.57. The molecular weight excluding hydrogens is 410 g/mol. The number of carbonyl (C=O) groups is 2. The number of nitrogens with zero attached hydrogens (tertiary/aromatic N) is 2. The summed E-state index contributed by atoms with van der Waals surface area (Å²) in [4.78, 5) is 28.9. The zero-order chi connectivity index (χ0) is 21.8. The van der Waals surface area contributed by atoms with Crippen LogP contribution in [0.2, 0.25) is 0 Å². The Kier molecular flexibility index (Phi) is 5.52. The van der Waals surface area contributed by atoms with Crippen molar-refractivity contribution in [1.82, 2.24) is 15.5 Å². The van der Waals surface area contributed by atoms with Crippen LogP contribution < -0.4 is 10.6 Å². The Bertz CT molecular complexity index is 1240. The average molecular weight is 424 g/mol. The summed E-state index contributed by atoms with van der Waals surface area (Å²) < 4.78 is 37.4. The lowest BCUT2D eigenvalue weighted by molar-refractivity contribution is 0.0950. The standard InChI is InChI=1S/C21H14F2N4O4/c22-13-5-6-15(17(9-13)25-19(28)12-7-8-30-11-12)20(29)24-10-18-26-21(31-27-18)14-3-1-2-4-16(14)23/h1-9,11H,10H2,(H,24,29)(H,25,28). The van der Waals surface area contributed by atoms with Crippen molar-refractivity contribution in [2.24, 2.45) is 0 Å². The van der Waals surface area contributed by atoms with E-state index in [0.717, 1.165) is 12.1 Å². The van der Waals surface area contributed by atoms with Crippen LogP contribution in [0.4, 0.5) is 14.5 Å². The summed E-state index contributed by atoms with van der Waals surface area (Å²) in [6.07, 6.45) is 2.53. The fraction of sp³-hybridized carbons (Fsp3) is 0.0476. The number of hydrogen-bond acceptors (Lipinski definition) is 6. The summed E-state index contributed by atoms with van der Waals surface area (Å²) in [6, 6.07) is 10.7. The van der Waals surface area contributed by atoms with E-state index >= 15 is 0 Å². The van der Waals surface area contributed by atoms with Gasteiger partial charge in [-0.1, -0.05) is 17.3 Å². The number of rotatable bonds is 6. The van der Waals surface area contributed by atoms with E-state index in [1.54, 1.807) is 6.07 Å². The molecule has 0 saturated carbocycles. The second-order valence-electron chi connectivity index (χ2n) is 6.33. The van der Waals surface area contributed by atoms with E-state index in [9.17, 15) is 18.4 Å². The van der Waals surface area contributed by atoms with Gasteiger partial charge in [-0.15, -0.1) is 0 Å². The Hall–Kier alpha value is -4.34. The number of anilines is 1. The van der Waals surface area contributed by atoms with Crippen LogP contribution in [0.5, 0.6) is 0 Å². The topological polar surface area (TPSA) is 110 Å². The van der Waals surface area contributed by atoms with Gasteiger partial charge in [-0.05, 0) is 36.4 Å². The lowest BCUT2D eigenvalue weighted by atomic mass is 10.1. The minimum absolute atomic E-state index is 0.0241. The largest absolute Gasteiger partial charge is 0.472 e. The summed E-state index contributed by atoms with van der Waals surface area (Å²) >= 11 is 0. The van der Waals surface area contributed by atoms with Gasteiger partial charge in [0.25, 0.3) is 17.7 Å². The van der Waals surface area contributed by atoms with Crippen molar-refractivity contribution in [3.8, 4) is 11.5 Å². The number of hydrogen-bond donors (Lipinski definition) is 2. The first-order valence-electron chi connectivity index (χ1n) is 9.00. The quantitative estimate of drug-likeness (QED) is 0.487. The van der Waals surface area contributed by atoms with E-state index in [0.29, 0.717) is 0 Å². The molecule has 2 heterocycles. The zero-order valence-corrected chi connectivity index (χ0v) is 15.8. The van der Waals surface area contributed by atoms with E-state index < -0.39 is 23.4 Å². The molecule has 8 nitrogen and oxygen atoms in total. The SMILES string of the molecule is O=C(Nc1cc(F)ccc1C(=O)NCc1noc(-c2ccccc2F)n1)c1ccoc1. The van der Waals surface area contributed by atoms with Gasteiger partial charge in [0.2, 0.25) is 0 Å². The Morgan fingerprint density at radius 1 is 1.03 bits per heavy atom. The molecule has 0 fully saturated rings. The molecule has 0 aliphatic rings. The summed E-state index contributed by atoms with van der Waals surface area (Å²) in [5, 5.41) is 8.74. The first-order chi connectivity index (χ1) is 15.0. The van der Waals surface area contributed by atoms with Gasteiger partial charge in [-0.2, -0.15) is 4.98 Å². The fourth-order valence-electron chi connectivity index (χ4n) is 2.73. The predicted octanol–water partition coefficient (Wildman–Crippen LogP) is 3.79. The molecule has 2 amide bonds. The van der Waals surface area contributed by atoms with Crippen LogP contribution in [0.1, 0.15) is 26.5 Å². The van der Waals surface area contributed by atoms with Gasteiger partial charge in [0.1, 0.15) is 17.9 Å². The maximum Gasteiger partial charge on any atom is 0.260 e. The van der Waals surface area contributed by atoms with Crippen LogP contribution in [0, 0.1) is 11.6 Å². The first kappa shape index (κ1) is 20.0. The number of aromatic nitrogens is 2. The third-order valence-electron chi connectivity index (χ3n) is 4.24. The summed E-state index contributed by atoms with van der Waals surface area (Å²) in [6.45, 7) is -0.136. The molecule has 2 aromatic carbocycles. The van der Waals surface area contributed by atoms with Crippen molar-refractivity contribution in [3.05, 3.63) is 89.6 Å². The van der Waals surface area contributed by atoms with Gasteiger partial charge in [0.15, 0.2) is 5.82 Å². The lowest BCUT2D eigenvalue weighted by Gasteiger charge is -2.10. The van der Waals surface area contributed by atoms with Crippen molar-refractivity contribution in [1.29, 1.82) is 0 Å². The Morgan fingerprint density at radius 3 is 2.65 bits per heavy atom. The van der Waals surface area contributed by atoms with E-state index in [1.807, 2.05) is 0 Å². The van der Waals surface area contributed by atoms with Crippen molar-refractivity contribution >= 4 is 17.5 Å². The molecule has 0 unspecified atom stereocenters. The molecule has 4 aromatic rings. The van der Waals surface area contributed by atoms with Crippen LogP contribution in [0.15, 0.2) is 70.0 Å². The summed E-state index contributed by atoms with van der Waals surface area (Å²) in [5.74, 6) is -2.26. The third kappa shape index (κ3) is 4.47. The Labute approximate surface area is 173 Å². The highest BCUT2D eigenvalue weighted by atomic mass is 19.1. The highest BCUT2D eigenvalue weighted by Crippen LogP contribution is 2.21. The van der Waals surface area contributed by atoms with Crippen molar-refractivity contribution in [2.75, 3.05) is 5.32 Å². The smallest absolute Gasteiger partial charge is 0.260 e. The maximum atomic E-state index is 13.8. The van der Waals surface area contributed by atoms with E-state index in [4.69, 9.17) is 8.94 Å². The minimum Gasteiger partial charge on any atom is -0.472 e. The van der Waals surface area contributed by atoms with E-state index in [1.165, 1.54) is 42.9 Å². The van der Waals surface area contributed by atoms with Crippen LogP contribution in [-0.2, 0) is 6.54 Å². The highest BCUT2D eigenvalue weighted by Gasteiger charge is 2.18. The highest BCUT2D eigenvalue weighted by molar-refractivity contribution is 6.08. The van der Waals surface area contributed by atoms with Crippen LogP contribution in [0.25, 0.3) is 11.5 Å². The zero-order valence-electron chi connectivity index (χ0n) is 15.8. The third-order valence-corrected chi connectivity index (χ3v) is 4.24. The molecule has 0 bridgehead atoms. The molecule has 0 spiro atoms. The van der Waals surface area contributed by atoms with E-state index in [-0.39, 0.29) is 40.6 Å². The summed E-state index contributed by atoms with van der Waals surface area (Å²) in [7, 11) is 0. The monoisotopic (exact) mass is 424 g/mol. The van der Waals surface area contributed by atoms with Crippen molar-refractivity contribution in [3.63, 3.8) is 0 Å². The van der Waals surface area contributed by atoms with Crippen LogP contribution >= 0.6 is 0 Å². The maximum absolute atomic E-state index is 13.8. The molecule has 0 atom stereocenters. The normalized spacial score (nSPS) is 10.6. The van der Waals surface area contributed by atoms with Crippen molar-refractivity contribution in [2.45, 2.75) is 6.54 Å². The number of amides is 2. The number of nitrogens with one attached hydrogen (secondary N) is 2. The van der Waals surface area contributed by atoms with Gasteiger partial charge < -0.3 is 19.6 Å². The number of carbonyl (C=O) groups excluding carboxylic acids is 2. The van der Waals surface area contributed by atoms with Gasteiger partial charge in [0.05, 0.1) is 35.2 Å². The second-order valence-corrected chi connectivity index (χ2v) is 6.33. The number of halogens is 2. The van der Waals surface area contributed by atoms with Crippen LogP contribution in [0.3, 0.4) is 0 Å². The molecule has 156 valence electrons. The Morgan fingerprint density at radius 2 is 1.87 bits per heavy atom. The molecular formula is C21H14F2N4O4. The molecule has 0 aliphatic carbocycles. The van der Waals surface area contributed by atoms with Crippen LogP contribution in [-0.4, -0.2) is 22.0 Å². The van der Waals surface area contributed by atoms with Gasteiger partial charge in [-0.3, -0.25) is 9.59 Å². The molecule has 2 aromatic heterocycles. The fourth-order valence-corrected chi connectivity index (χ4v) is 2.73. The Balaban J connectivity index is 1.47. The average Bonchev–Trinajstić information content (AvgIpc) is 3.45. The minimum atomic E-state index is -0.633. The van der Waals surface area contributed by atoms with Gasteiger partial charge >= 0.3 is 0 Å². The molecule has 0 aliphatic heterocycles. The molecule has 31 heavy (non-hydrogen) atoms. The first-order valence-corrected chi connectivity index (χ1v) is 9.00. The number of benzene rings is 2.